The average Bonchev–Trinajstić information content (AvgIpc) is 3.13. The van der Waals surface area contributed by atoms with Gasteiger partial charge in [0.25, 0.3) is 11.8 Å². The number of carbonyl (C=O) groups is 2. The summed E-state index contributed by atoms with van der Waals surface area (Å²) >= 11 is 1.40. The number of thiazole rings is 1. The van der Waals surface area contributed by atoms with E-state index >= 15 is 0 Å². The number of rotatable bonds is 5. The number of carbonyl (C=O) groups excluding carboxylic acids is 2. The van der Waals surface area contributed by atoms with Crippen molar-refractivity contribution in [1.82, 2.24) is 4.98 Å². The van der Waals surface area contributed by atoms with Crippen LogP contribution in [-0.4, -0.2) is 37.1 Å². The minimum atomic E-state index is -0.237. The van der Waals surface area contributed by atoms with E-state index in [1.165, 1.54) is 11.3 Å². The van der Waals surface area contributed by atoms with E-state index in [0.29, 0.717) is 28.7 Å². The first-order valence-electron chi connectivity index (χ1n) is 9.50. The molecule has 3 aromatic rings. The van der Waals surface area contributed by atoms with Gasteiger partial charge in [0, 0.05) is 22.5 Å². The Morgan fingerprint density at radius 2 is 2.03 bits per heavy atom. The van der Waals surface area contributed by atoms with Crippen molar-refractivity contribution < 1.29 is 19.1 Å². The van der Waals surface area contributed by atoms with Crippen LogP contribution in [0.15, 0.2) is 42.5 Å². The number of likely N-dealkylation sites (N-methyl/N-ethyl adjacent to an activating group) is 1. The largest absolute Gasteiger partial charge is 0.497 e. The van der Waals surface area contributed by atoms with Crippen LogP contribution in [0.5, 0.6) is 11.5 Å². The fourth-order valence-electron chi connectivity index (χ4n) is 3.33. The molecule has 0 fully saturated rings. The molecule has 154 valence electrons. The number of amides is 2. The van der Waals surface area contributed by atoms with Crippen LogP contribution in [0.3, 0.4) is 0 Å². The normalized spacial score (nSPS) is 12.9. The molecule has 1 aliphatic rings. The molecule has 0 spiro atoms. The molecule has 0 saturated carbocycles. The average molecular weight is 423 g/mol. The lowest BCUT2D eigenvalue weighted by Gasteiger charge is -2.28. The number of hydrogen-bond donors (Lipinski definition) is 1. The highest BCUT2D eigenvalue weighted by Crippen LogP contribution is 2.38. The van der Waals surface area contributed by atoms with E-state index in [0.717, 1.165) is 21.8 Å². The minimum Gasteiger partial charge on any atom is -0.497 e. The van der Waals surface area contributed by atoms with Crippen LogP contribution in [-0.2, 0) is 4.79 Å². The highest BCUT2D eigenvalue weighted by atomic mass is 32.1. The smallest absolute Gasteiger partial charge is 0.265 e. The first-order chi connectivity index (χ1) is 14.5. The summed E-state index contributed by atoms with van der Waals surface area (Å²) in [6, 6.07) is 12.6. The SMILES string of the molecule is CCN1C(=O)COc2ccc(-c3nc(NC(=O)c4ccc(OC)cc4)sc3C)cc21. The fourth-order valence-corrected chi connectivity index (χ4v) is 4.16. The molecule has 0 bridgehead atoms. The molecule has 1 N–H and O–H groups in total. The maximum Gasteiger partial charge on any atom is 0.265 e. The minimum absolute atomic E-state index is 0.0530. The van der Waals surface area contributed by atoms with Crippen molar-refractivity contribution in [3.05, 3.63) is 52.9 Å². The van der Waals surface area contributed by atoms with Gasteiger partial charge in [0.15, 0.2) is 11.7 Å². The quantitative estimate of drug-likeness (QED) is 0.668. The highest BCUT2D eigenvalue weighted by molar-refractivity contribution is 7.16. The molecule has 2 amide bonds. The second kappa shape index (κ2) is 8.16. The van der Waals surface area contributed by atoms with E-state index in [1.807, 2.05) is 32.0 Å². The molecule has 4 rings (SSSR count). The lowest BCUT2D eigenvalue weighted by Crippen LogP contribution is -2.38. The lowest BCUT2D eigenvalue weighted by atomic mass is 10.1. The molecule has 30 heavy (non-hydrogen) atoms. The van der Waals surface area contributed by atoms with Gasteiger partial charge in [0.2, 0.25) is 0 Å². The maximum absolute atomic E-state index is 12.5. The van der Waals surface area contributed by atoms with Crippen molar-refractivity contribution in [2.24, 2.45) is 0 Å². The predicted molar refractivity (Wildman–Crippen MR) is 117 cm³/mol. The second-order valence-electron chi connectivity index (χ2n) is 6.72. The zero-order valence-electron chi connectivity index (χ0n) is 16.9. The Morgan fingerprint density at radius 1 is 1.27 bits per heavy atom. The van der Waals surface area contributed by atoms with Gasteiger partial charge < -0.3 is 14.4 Å². The molecular formula is C22H21N3O4S. The van der Waals surface area contributed by atoms with Gasteiger partial charge in [-0.15, -0.1) is 11.3 Å². The Hall–Kier alpha value is -3.39. The molecule has 2 heterocycles. The molecule has 0 atom stereocenters. The molecule has 8 heteroatoms. The standard InChI is InChI=1S/C22H21N3O4S/c1-4-25-17-11-15(7-10-18(17)29-12-19(25)26)20-13(2)30-22(23-20)24-21(27)14-5-8-16(28-3)9-6-14/h5-11H,4,12H2,1-3H3,(H,23,24,27). The number of nitrogens with zero attached hydrogens (tertiary/aromatic N) is 2. The number of hydrogen-bond acceptors (Lipinski definition) is 6. The Morgan fingerprint density at radius 3 is 2.73 bits per heavy atom. The van der Waals surface area contributed by atoms with Crippen LogP contribution in [0, 0.1) is 6.92 Å². The molecule has 0 radical (unpaired) electrons. The summed E-state index contributed by atoms with van der Waals surface area (Å²) in [6.07, 6.45) is 0. The van der Waals surface area contributed by atoms with Gasteiger partial charge in [-0.2, -0.15) is 0 Å². The van der Waals surface area contributed by atoms with Gasteiger partial charge in [0.05, 0.1) is 18.5 Å². The van der Waals surface area contributed by atoms with Crippen molar-refractivity contribution in [2.75, 3.05) is 30.5 Å². The van der Waals surface area contributed by atoms with Gasteiger partial charge in [-0.3, -0.25) is 14.9 Å². The zero-order chi connectivity index (χ0) is 21.3. The number of benzene rings is 2. The fraction of sp³-hybridized carbons (Fsp3) is 0.227. The van der Waals surface area contributed by atoms with Crippen molar-refractivity contribution in [3.8, 4) is 22.8 Å². The van der Waals surface area contributed by atoms with Gasteiger partial charge in [0.1, 0.15) is 11.5 Å². The van der Waals surface area contributed by atoms with E-state index in [1.54, 1.807) is 36.3 Å². The number of methoxy groups -OCH3 is 1. The third-order valence-corrected chi connectivity index (χ3v) is 5.75. The maximum atomic E-state index is 12.5. The Bertz CT molecular complexity index is 1110. The summed E-state index contributed by atoms with van der Waals surface area (Å²) in [5.74, 6) is 1.07. The van der Waals surface area contributed by atoms with E-state index < -0.39 is 0 Å². The van der Waals surface area contributed by atoms with Crippen molar-refractivity contribution in [1.29, 1.82) is 0 Å². The Labute approximate surface area is 178 Å². The molecule has 0 unspecified atom stereocenters. The number of aryl methyl sites for hydroxylation is 1. The predicted octanol–water partition coefficient (Wildman–Crippen LogP) is 4.12. The molecule has 0 aliphatic carbocycles. The monoisotopic (exact) mass is 423 g/mol. The third-order valence-electron chi connectivity index (χ3n) is 4.86. The topological polar surface area (TPSA) is 80.8 Å². The summed E-state index contributed by atoms with van der Waals surface area (Å²) in [5, 5.41) is 3.37. The highest BCUT2D eigenvalue weighted by Gasteiger charge is 2.25. The summed E-state index contributed by atoms with van der Waals surface area (Å²) in [5.41, 5.74) is 2.89. The Balaban J connectivity index is 1.59. The zero-order valence-corrected chi connectivity index (χ0v) is 17.7. The number of ether oxygens (including phenoxy) is 2. The Kier molecular flexibility index (Phi) is 5.41. The molecule has 7 nitrogen and oxygen atoms in total. The summed E-state index contributed by atoms with van der Waals surface area (Å²) in [6.45, 7) is 4.50. The van der Waals surface area contributed by atoms with Crippen LogP contribution in [0.1, 0.15) is 22.2 Å². The van der Waals surface area contributed by atoms with Gasteiger partial charge in [-0.25, -0.2) is 4.98 Å². The number of nitrogens with one attached hydrogen (secondary N) is 1. The third kappa shape index (κ3) is 3.73. The number of fused-ring (bicyclic) bond motifs is 1. The molecule has 1 aliphatic heterocycles. The van der Waals surface area contributed by atoms with Gasteiger partial charge >= 0.3 is 0 Å². The van der Waals surface area contributed by atoms with E-state index in [4.69, 9.17) is 9.47 Å². The van der Waals surface area contributed by atoms with Crippen LogP contribution in [0.2, 0.25) is 0 Å². The van der Waals surface area contributed by atoms with Crippen LogP contribution in [0.25, 0.3) is 11.3 Å². The molecule has 1 aromatic heterocycles. The van der Waals surface area contributed by atoms with E-state index in [2.05, 4.69) is 10.3 Å². The van der Waals surface area contributed by atoms with Crippen LogP contribution >= 0.6 is 11.3 Å². The first kappa shape index (κ1) is 19.9. The van der Waals surface area contributed by atoms with Crippen molar-refractivity contribution in [2.45, 2.75) is 13.8 Å². The molecule has 0 saturated heterocycles. The first-order valence-corrected chi connectivity index (χ1v) is 10.3. The summed E-state index contributed by atoms with van der Waals surface area (Å²) in [4.78, 5) is 32.0. The molecular weight excluding hydrogens is 402 g/mol. The van der Waals surface area contributed by atoms with Crippen LogP contribution < -0.4 is 19.7 Å². The van der Waals surface area contributed by atoms with Crippen LogP contribution in [0.4, 0.5) is 10.8 Å². The summed E-state index contributed by atoms with van der Waals surface area (Å²) in [7, 11) is 1.58. The van der Waals surface area contributed by atoms with Crippen molar-refractivity contribution >= 4 is 34.0 Å². The number of aromatic nitrogens is 1. The second-order valence-corrected chi connectivity index (χ2v) is 7.92. The van der Waals surface area contributed by atoms with E-state index in [-0.39, 0.29) is 18.4 Å². The van der Waals surface area contributed by atoms with E-state index in [9.17, 15) is 9.59 Å². The van der Waals surface area contributed by atoms with Crippen molar-refractivity contribution in [3.63, 3.8) is 0 Å². The summed E-state index contributed by atoms with van der Waals surface area (Å²) < 4.78 is 10.7. The van der Waals surface area contributed by atoms with Gasteiger partial charge in [-0.05, 0) is 56.3 Å². The van der Waals surface area contributed by atoms with Gasteiger partial charge in [-0.1, -0.05) is 0 Å². The number of anilines is 2. The lowest BCUT2D eigenvalue weighted by molar-refractivity contribution is -0.121. The molecule has 2 aromatic carbocycles.